The zero-order chi connectivity index (χ0) is 32.5. The number of fused-ring (bicyclic) bond motifs is 13. The molecule has 0 aliphatic rings. The first-order chi connectivity index (χ1) is 24.8. The third kappa shape index (κ3) is 3.30. The highest BCUT2D eigenvalue weighted by Crippen LogP contribution is 2.45. The van der Waals surface area contributed by atoms with Gasteiger partial charge in [0.1, 0.15) is 11.2 Å². The van der Waals surface area contributed by atoms with E-state index in [1.54, 1.807) is 0 Å². The number of nitrogens with zero attached hydrogens (tertiary/aromatic N) is 3. The molecule has 0 fully saturated rings. The Balaban J connectivity index is 1.23. The molecule has 0 saturated carbocycles. The molecule has 4 heterocycles. The second-order valence-electron chi connectivity index (χ2n) is 13.3. The number of aromatic nitrogens is 2. The van der Waals surface area contributed by atoms with Gasteiger partial charge >= 0.3 is 0 Å². The van der Waals surface area contributed by atoms with Crippen LogP contribution in [0, 0.1) is 0 Å². The fourth-order valence-electron chi connectivity index (χ4n) is 8.70. The highest BCUT2D eigenvalue weighted by atomic mass is 16.3. The van der Waals surface area contributed by atoms with Gasteiger partial charge in [-0.2, -0.15) is 0 Å². The van der Waals surface area contributed by atoms with Crippen LogP contribution in [0.5, 0.6) is 0 Å². The number of rotatable bonds is 3. The van der Waals surface area contributed by atoms with E-state index >= 15 is 0 Å². The fraction of sp³-hybridized carbons (Fsp3) is 0. The van der Waals surface area contributed by atoms with Crippen molar-refractivity contribution in [1.29, 1.82) is 0 Å². The third-order valence-electron chi connectivity index (χ3n) is 10.8. The summed E-state index contributed by atoms with van der Waals surface area (Å²) in [5, 5.41) is 9.73. The summed E-state index contributed by atoms with van der Waals surface area (Å²) >= 11 is 0. The maximum atomic E-state index is 6.44. The number of benzene rings is 8. The van der Waals surface area contributed by atoms with Crippen LogP contribution in [0.25, 0.3) is 87.4 Å². The van der Waals surface area contributed by atoms with Crippen LogP contribution >= 0.6 is 0 Å². The predicted molar refractivity (Wildman–Crippen MR) is 209 cm³/mol. The van der Waals surface area contributed by atoms with E-state index in [0.29, 0.717) is 0 Å². The number of para-hydroxylation sites is 3. The molecule has 0 atom stereocenters. The Bertz CT molecular complexity index is 3340. The highest BCUT2D eigenvalue weighted by molar-refractivity contribution is 6.25. The van der Waals surface area contributed by atoms with Crippen molar-refractivity contribution in [2.24, 2.45) is 0 Å². The van der Waals surface area contributed by atoms with E-state index in [2.05, 4.69) is 165 Å². The molecule has 0 aliphatic heterocycles. The Kier molecular flexibility index (Phi) is 4.94. The van der Waals surface area contributed by atoms with Gasteiger partial charge in [-0.25, -0.2) is 0 Å². The summed E-state index contributed by atoms with van der Waals surface area (Å²) in [6.45, 7) is 0. The van der Waals surface area contributed by atoms with Crippen LogP contribution in [0.1, 0.15) is 0 Å². The summed E-state index contributed by atoms with van der Waals surface area (Å²) in [7, 11) is 0. The van der Waals surface area contributed by atoms with E-state index in [1.807, 2.05) is 12.1 Å². The second kappa shape index (κ2) is 9.43. The highest BCUT2D eigenvalue weighted by Gasteiger charge is 2.23. The first kappa shape index (κ1) is 26.2. The van der Waals surface area contributed by atoms with Gasteiger partial charge in [0.05, 0.1) is 38.8 Å². The van der Waals surface area contributed by atoms with Crippen LogP contribution in [-0.2, 0) is 0 Å². The maximum absolute atomic E-state index is 6.44. The van der Waals surface area contributed by atoms with Crippen LogP contribution < -0.4 is 4.90 Å². The molecule has 0 radical (unpaired) electrons. The summed E-state index contributed by atoms with van der Waals surface area (Å²) in [6.07, 6.45) is 0. The van der Waals surface area contributed by atoms with Gasteiger partial charge in [-0.15, -0.1) is 0 Å². The lowest BCUT2D eigenvalue weighted by atomic mass is 10.1. The minimum atomic E-state index is 0.875. The molecule has 232 valence electrons. The van der Waals surface area contributed by atoms with Crippen LogP contribution in [-0.4, -0.2) is 8.80 Å². The number of furan rings is 1. The second-order valence-corrected chi connectivity index (χ2v) is 13.3. The van der Waals surface area contributed by atoms with E-state index in [0.717, 1.165) is 44.5 Å². The van der Waals surface area contributed by atoms with E-state index < -0.39 is 0 Å². The van der Waals surface area contributed by atoms with Crippen molar-refractivity contribution in [3.63, 3.8) is 0 Å². The lowest BCUT2D eigenvalue weighted by Crippen LogP contribution is -2.11. The first-order valence-corrected chi connectivity index (χ1v) is 17.1. The first-order valence-electron chi connectivity index (χ1n) is 17.1. The van der Waals surface area contributed by atoms with Gasteiger partial charge in [0, 0.05) is 55.1 Å². The summed E-state index contributed by atoms with van der Waals surface area (Å²) < 4.78 is 11.4. The molecule has 0 N–H and O–H groups in total. The predicted octanol–water partition coefficient (Wildman–Crippen LogP) is 12.8. The van der Waals surface area contributed by atoms with E-state index in [1.165, 1.54) is 59.9 Å². The zero-order valence-corrected chi connectivity index (χ0v) is 26.8. The van der Waals surface area contributed by atoms with Gasteiger partial charge < -0.3 is 18.1 Å². The zero-order valence-electron chi connectivity index (χ0n) is 26.8. The molecule has 8 aromatic carbocycles. The number of hydrogen-bond acceptors (Lipinski definition) is 2. The van der Waals surface area contributed by atoms with Gasteiger partial charge in [-0.1, -0.05) is 103 Å². The lowest BCUT2D eigenvalue weighted by molar-refractivity contribution is 0.669. The molecule has 12 aromatic rings. The summed E-state index contributed by atoms with van der Waals surface area (Å²) in [5.74, 6) is 0. The minimum absolute atomic E-state index is 0.875. The molecule has 0 saturated heterocycles. The molecule has 0 unspecified atom stereocenters. The molecule has 0 spiro atoms. The smallest absolute Gasteiger partial charge is 0.137 e. The topological polar surface area (TPSA) is 25.2 Å². The van der Waals surface area contributed by atoms with Gasteiger partial charge in [-0.05, 0) is 60.0 Å². The van der Waals surface area contributed by atoms with Crippen molar-refractivity contribution in [3.05, 3.63) is 164 Å². The Morgan fingerprint density at radius 1 is 0.360 bits per heavy atom. The lowest BCUT2D eigenvalue weighted by Gasteiger charge is -2.27. The van der Waals surface area contributed by atoms with Crippen molar-refractivity contribution >= 4 is 104 Å². The molecular formula is C46H27N3O. The van der Waals surface area contributed by atoms with Crippen molar-refractivity contribution in [2.45, 2.75) is 0 Å². The molecule has 0 aliphatic carbocycles. The molecule has 12 rings (SSSR count). The Labute approximate surface area is 285 Å². The molecular weight excluding hydrogens is 611 g/mol. The Morgan fingerprint density at radius 3 is 1.70 bits per heavy atom. The van der Waals surface area contributed by atoms with Crippen LogP contribution in [0.3, 0.4) is 0 Å². The minimum Gasteiger partial charge on any atom is -0.456 e. The van der Waals surface area contributed by atoms with Crippen LogP contribution in [0.4, 0.5) is 17.1 Å². The summed E-state index contributed by atoms with van der Waals surface area (Å²) in [5.41, 5.74) is 12.3. The monoisotopic (exact) mass is 637 g/mol. The Hall–Kier alpha value is -6.78. The molecule has 4 aromatic heterocycles. The van der Waals surface area contributed by atoms with Crippen molar-refractivity contribution in [3.8, 4) is 0 Å². The maximum Gasteiger partial charge on any atom is 0.137 e. The fourth-order valence-corrected chi connectivity index (χ4v) is 8.70. The van der Waals surface area contributed by atoms with Crippen molar-refractivity contribution < 1.29 is 4.42 Å². The van der Waals surface area contributed by atoms with Gasteiger partial charge in [0.2, 0.25) is 0 Å². The molecule has 0 bridgehead atoms. The van der Waals surface area contributed by atoms with Gasteiger partial charge in [-0.3, -0.25) is 0 Å². The van der Waals surface area contributed by atoms with E-state index in [9.17, 15) is 0 Å². The van der Waals surface area contributed by atoms with Crippen molar-refractivity contribution in [2.75, 3.05) is 4.90 Å². The average molecular weight is 638 g/mol. The molecule has 0 amide bonds. The third-order valence-corrected chi connectivity index (χ3v) is 10.8. The van der Waals surface area contributed by atoms with E-state index in [-0.39, 0.29) is 0 Å². The largest absolute Gasteiger partial charge is 0.456 e. The molecule has 50 heavy (non-hydrogen) atoms. The van der Waals surface area contributed by atoms with Gasteiger partial charge in [0.15, 0.2) is 0 Å². The Morgan fingerprint density at radius 2 is 0.920 bits per heavy atom. The van der Waals surface area contributed by atoms with E-state index in [4.69, 9.17) is 4.42 Å². The quantitative estimate of drug-likeness (QED) is 0.180. The summed E-state index contributed by atoms with van der Waals surface area (Å²) in [4.78, 5) is 2.39. The SMILES string of the molecule is c1ccc2c(N(c3ccc4c(c3)oc3ccccc34)c3ccc4c(c3)n3c5ccccc5c5ccc6c7ccccc7n4c6c53)cccc2c1. The molecule has 4 nitrogen and oxygen atoms in total. The number of anilines is 3. The number of hydrogen-bond donors (Lipinski definition) is 0. The van der Waals surface area contributed by atoms with Crippen LogP contribution in [0.2, 0.25) is 0 Å². The standard InChI is InChI=1S/C46H27N3O/c1-2-12-31-28(10-1)11-9-18-38(31)47(30-20-22-35-34-15-5-8-19-43(34)50-44(35)27-30)29-21-25-41-42(26-29)49-40-17-7-4-14-33(40)37-24-23-36-32-13-3-6-16-39(32)48(41)45(36)46(37)49/h1-27H. The molecule has 4 heteroatoms. The average Bonchev–Trinajstić information content (AvgIpc) is 3.83. The summed E-state index contributed by atoms with van der Waals surface area (Å²) in [6, 6.07) is 59.3. The van der Waals surface area contributed by atoms with Crippen LogP contribution in [0.15, 0.2) is 168 Å². The van der Waals surface area contributed by atoms with Gasteiger partial charge in [0.25, 0.3) is 0 Å². The normalized spacial score (nSPS) is 12.4. The van der Waals surface area contributed by atoms with Crippen molar-refractivity contribution in [1.82, 2.24) is 8.80 Å².